The van der Waals surface area contributed by atoms with Crippen LogP contribution in [0.5, 0.6) is 0 Å². The first-order valence-electron chi connectivity index (χ1n) is 3.69. The smallest absolute Gasteiger partial charge is 0.0774 e. The molecule has 0 N–H and O–H groups in total. The molecule has 0 aromatic heterocycles. The molecule has 1 rings (SSSR count). The fourth-order valence-electron chi connectivity index (χ4n) is 1.27. The standard InChI is InChI=1S/C7H8Cl6/c1-7(13)5(11)3(9)2(8)4(10)6(7)12/h2-6H,1H3/t2?,3-,4-,5+,6+,7?/m0/s1. The third-order valence-electron chi connectivity index (χ3n) is 2.25. The van der Waals surface area contributed by atoms with Gasteiger partial charge in [0.2, 0.25) is 0 Å². The Bertz CT molecular complexity index is 175. The molecule has 1 aliphatic rings. The Morgan fingerprint density at radius 3 is 1.38 bits per heavy atom. The number of halogens is 6. The summed E-state index contributed by atoms with van der Waals surface area (Å²) in [5.41, 5.74) is 0. The molecule has 0 radical (unpaired) electrons. The van der Waals surface area contributed by atoms with E-state index in [2.05, 4.69) is 0 Å². The van der Waals surface area contributed by atoms with E-state index in [1.807, 2.05) is 0 Å². The highest BCUT2D eigenvalue weighted by Crippen LogP contribution is 2.46. The van der Waals surface area contributed by atoms with Gasteiger partial charge in [-0.2, -0.15) is 0 Å². The lowest BCUT2D eigenvalue weighted by Gasteiger charge is -2.44. The summed E-state index contributed by atoms with van der Waals surface area (Å²) in [4.78, 5) is -0.826. The van der Waals surface area contributed by atoms with E-state index in [4.69, 9.17) is 69.6 Å². The predicted octanol–water partition coefficient (Wildman–Crippen LogP) is 4.03. The van der Waals surface area contributed by atoms with E-state index in [-0.39, 0.29) is 0 Å². The zero-order chi connectivity index (χ0) is 10.4. The van der Waals surface area contributed by atoms with Gasteiger partial charge < -0.3 is 0 Å². The molecule has 0 spiro atoms. The number of hydrogen-bond donors (Lipinski definition) is 0. The highest BCUT2D eigenvalue weighted by atomic mass is 35.5. The van der Waals surface area contributed by atoms with Gasteiger partial charge in [0.25, 0.3) is 0 Å². The molecule has 1 saturated carbocycles. The van der Waals surface area contributed by atoms with Crippen LogP contribution in [0.3, 0.4) is 0 Å². The largest absolute Gasteiger partial charge is 0.120 e. The van der Waals surface area contributed by atoms with Crippen molar-refractivity contribution in [2.24, 2.45) is 0 Å². The first-order chi connectivity index (χ1) is 5.80. The minimum atomic E-state index is -0.826. The summed E-state index contributed by atoms with van der Waals surface area (Å²) in [6, 6.07) is 0. The van der Waals surface area contributed by atoms with Gasteiger partial charge in [0.05, 0.1) is 31.8 Å². The van der Waals surface area contributed by atoms with E-state index in [1.165, 1.54) is 0 Å². The third-order valence-corrected chi connectivity index (χ3v) is 6.49. The van der Waals surface area contributed by atoms with Crippen LogP contribution in [0.4, 0.5) is 0 Å². The minimum absolute atomic E-state index is 0.458. The maximum atomic E-state index is 6.14. The van der Waals surface area contributed by atoms with Gasteiger partial charge in [0.1, 0.15) is 0 Å². The molecule has 1 aliphatic carbocycles. The van der Waals surface area contributed by atoms with Gasteiger partial charge in [-0.05, 0) is 6.92 Å². The topological polar surface area (TPSA) is 0 Å². The monoisotopic (exact) mass is 302 g/mol. The van der Waals surface area contributed by atoms with Gasteiger partial charge in [-0.15, -0.1) is 69.6 Å². The number of hydrogen-bond acceptors (Lipinski definition) is 0. The molecule has 0 heterocycles. The maximum absolute atomic E-state index is 6.14. The second-order valence-electron chi connectivity index (χ2n) is 3.29. The van der Waals surface area contributed by atoms with Gasteiger partial charge >= 0.3 is 0 Å². The third kappa shape index (κ3) is 2.14. The number of alkyl halides is 6. The van der Waals surface area contributed by atoms with Crippen LogP contribution in [0.2, 0.25) is 0 Å². The van der Waals surface area contributed by atoms with Crippen molar-refractivity contribution in [3.05, 3.63) is 0 Å². The molecule has 0 aromatic carbocycles. The molecule has 0 aliphatic heterocycles. The van der Waals surface area contributed by atoms with Gasteiger partial charge in [-0.1, -0.05) is 0 Å². The lowest BCUT2D eigenvalue weighted by Crippen LogP contribution is -2.58. The molecule has 0 nitrogen and oxygen atoms in total. The van der Waals surface area contributed by atoms with E-state index in [9.17, 15) is 0 Å². The second kappa shape index (κ2) is 4.31. The molecular weight excluding hydrogens is 297 g/mol. The first kappa shape index (κ1) is 12.8. The summed E-state index contributed by atoms with van der Waals surface area (Å²) in [6.45, 7) is 1.72. The summed E-state index contributed by atoms with van der Waals surface area (Å²) >= 11 is 36.1. The van der Waals surface area contributed by atoms with Crippen LogP contribution in [0, 0.1) is 0 Å². The number of rotatable bonds is 0. The summed E-state index contributed by atoms with van der Waals surface area (Å²) in [5.74, 6) is 0. The van der Waals surface area contributed by atoms with Crippen LogP contribution < -0.4 is 0 Å². The van der Waals surface area contributed by atoms with Crippen molar-refractivity contribution in [3.63, 3.8) is 0 Å². The molecule has 13 heavy (non-hydrogen) atoms. The van der Waals surface area contributed by atoms with Crippen molar-refractivity contribution in [3.8, 4) is 0 Å². The van der Waals surface area contributed by atoms with Crippen molar-refractivity contribution < 1.29 is 0 Å². The highest BCUT2D eigenvalue weighted by molar-refractivity contribution is 6.46. The average molecular weight is 305 g/mol. The van der Waals surface area contributed by atoms with Crippen LogP contribution in [0.25, 0.3) is 0 Å². The molecule has 0 saturated heterocycles. The molecule has 0 bridgehead atoms. The van der Waals surface area contributed by atoms with Crippen LogP contribution >= 0.6 is 69.6 Å². The van der Waals surface area contributed by atoms with Gasteiger partial charge in [0.15, 0.2) is 0 Å². The predicted molar refractivity (Wildman–Crippen MR) is 62.5 cm³/mol. The molecule has 6 heteroatoms. The highest BCUT2D eigenvalue weighted by Gasteiger charge is 2.54. The molecule has 4 atom stereocenters. The fraction of sp³-hybridized carbons (Fsp3) is 1.00. The van der Waals surface area contributed by atoms with Crippen LogP contribution in [-0.4, -0.2) is 31.8 Å². The van der Waals surface area contributed by atoms with E-state index < -0.39 is 31.8 Å². The summed E-state index contributed by atoms with van der Waals surface area (Å²) in [5, 5.41) is -2.38. The van der Waals surface area contributed by atoms with Crippen molar-refractivity contribution in [2.75, 3.05) is 0 Å². The second-order valence-corrected chi connectivity index (χ2v) is 6.55. The van der Waals surface area contributed by atoms with Gasteiger partial charge in [-0.3, -0.25) is 0 Å². The van der Waals surface area contributed by atoms with Gasteiger partial charge in [-0.25, -0.2) is 0 Å². The molecule has 0 aromatic rings. The van der Waals surface area contributed by atoms with Crippen LogP contribution in [0.1, 0.15) is 6.92 Å². The van der Waals surface area contributed by atoms with Crippen molar-refractivity contribution in [2.45, 2.75) is 38.7 Å². The quantitative estimate of drug-likeness (QED) is 0.593. The normalized spacial score (nSPS) is 57.9. The van der Waals surface area contributed by atoms with E-state index >= 15 is 0 Å². The van der Waals surface area contributed by atoms with E-state index in [0.29, 0.717) is 0 Å². The summed E-state index contributed by atoms with van der Waals surface area (Å²) < 4.78 is 0. The zero-order valence-electron chi connectivity index (χ0n) is 6.65. The van der Waals surface area contributed by atoms with E-state index in [1.54, 1.807) is 6.92 Å². The van der Waals surface area contributed by atoms with E-state index in [0.717, 1.165) is 0 Å². The first-order valence-corrected chi connectivity index (χ1v) is 6.25. The maximum Gasteiger partial charge on any atom is 0.0774 e. The lowest BCUT2D eigenvalue weighted by molar-refractivity contribution is 0.444. The molecule has 0 unspecified atom stereocenters. The minimum Gasteiger partial charge on any atom is -0.120 e. The van der Waals surface area contributed by atoms with Crippen molar-refractivity contribution in [1.29, 1.82) is 0 Å². The Kier molecular flexibility index (Phi) is 4.25. The SMILES string of the molecule is CC1(Cl)[C@H](Cl)[C@@H](Cl)C(Cl)[C@H](Cl)[C@H]1Cl. The van der Waals surface area contributed by atoms with Crippen molar-refractivity contribution in [1.82, 2.24) is 0 Å². The Morgan fingerprint density at radius 1 is 0.769 bits per heavy atom. The molecule has 1 fully saturated rings. The van der Waals surface area contributed by atoms with Crippen molar-refractivity contribution >= 4 is 69.6 Å². The zero-order valence-corrected chi connectivity index (χ0v) is 11.2. The average Bonchev–Trinajstić information content (AvgIpc) is 2.09. The van der Waals surface area contributed by atoms with Crippen LogP contribution in [-0.2, 0) is 0 Å². The summed E-state index contributed by atoms with van der Waals surface area (Å²) in [7, 11) is 0. The molecule has 78 valence electrons. The Labute approximate surface area is 108 Å². The molecular formula is C7H8Cl6. The fourth-order valence-corrected chi connectivity index (χ4v) is 3.67. The Hall–Kier alpha value is 1.74. The summed E-state index contributed by atoms with van der Waals surface area (Å²) in [6.07, 6.45) is 0. The van der Waals surface area contributed by atoms with Gasteiger partial charge in [0, 0.05) is 0 Å². The Morgan fingerprint density at radius 2 is 1.08 bits per heavy atom. The Balaban J connectivity index is 2.93. The lowest BCUT2D eigenvalue weighted by atomic mass is 9.87. The molecule has 0 amide bonds. The van der Waals surface area contributed by atoms with Crippen LogP contribution in [0.15, 0.2) is 0 Å².